The molecule has 0 saturated heterocycles. The van der Waals surface area contributed by atoms with Gasteiger partial charge in [0.15, 0.2) is 0 Å². The number of aromatic nitrogens is 2. The third-order valence-electron chi connectivity index (χ3n) is 5.12. The summed E-state index contributed by atoms with van der Waals surface area (Å²) in [5.74, 6) is 0.831. The molecule has 4 rings (SSSR count). The fraction of sp³-hybridized carbons (Fsp3) is 0.647. The van der Waals surface area contributed by atoms with Crippen LogP contribution < -0.4 is 4.74 Å². The first-order valence-corrected chi connectivity index (χ1v) is 9.12. The third-order valence-corrected chi connectivity index (χ3v) is 6.32. The average Bonchev–Trinajstić information content (AvgIpc) is 3.08. The number of nitrogens with zero attached hydrogens (tertiary/aromatic N) is 3. The summed E-state index contributed by atoms with van der Waals surface area (Å²) in [6.07, 6.45) is 10.3. The van der Waals surface area contributed by atoms with Crippen LogP contribution in [0.3, 0.4) is 0 Å². The van der Waals surface area contributed by atoms with Gasteiger partial charge in [-0.2, -0.15) is 0 Å². The Labute approximate surface area is 135 Å². The van der Waals surface area contributed by atoms with E-state index < -0.39 is 0 Å². The van der Waals surface area contributed by atoms with Crippen molar-refractivity contribution in [3.63, 3.8) is 0 Å². The van der Waals surface area contributed by atoms with E-state index in [1.165, 1.54) is 41.5 Å². The molecule has 0 aromatic carbocycles. The highest BCUT2D eigenvalue weighted by atomic mass is 32.1. The number of hydrogen-bond donors (Lipinski definition) is 0. The van der Waals surface area contributed by atoms with Crippen LogP contribution in [0.25, 0.3) is 10.2 Å². The van der Waals surface area contributed by atoms with Crippen molar-refractivity contribution in [3.8, 4) is 5.88 Å². The van der Waals surface area contributed by atoms with Crippen LogP contribution in [0.15, 0.2) is 6.33 Å². The van der Waals surface area contributed by atoms with Gasteiger partial charge in [0, 0.05) is 10.9 Å². The van der Waals surface area contributed by atoms with E-state index in [9.17, 15) is 0 Å². The van der Waals surface area contributed by atoms with E-state index in [0.717, 1.165) is 30.0 Å². The van der Waals surface area contributed by atoms with Gasteiger partial charge in [-0.15, -0.1) is 11.3 Å². The standard InChI is InChI=1S/C17H23N3OS/c1-20(2)11-6-8-12(9-7-11)21-16-15-13-4-3-5-14(13)22-17(15)19-10-18-16/h10-12H,3-9H2,1-2H3/t11-,12-. The maximum atomic E-state index is 6.32. The Hall–Kier alpha value is -1.20. The second-order valence-corrected chi connectivity index (χ2v) is 7.81. The van der Waals surface area contributed by atoms with E-state index >= 15 is 0 Å². The van der Waals surface area contributed by atoms with Crippen LogP contribution in [0.2, 0.25) is 0 Å². The minimum Gasteiger partial charge on any atom is -0.474 e. The van der Waals surface area contributed by atoms with Gasteiger partial charge in [-0.3, -0.25) is 0 Å². The molecule has 0 N–H and O–H groups in total. The Morgan fingerprint density at radius 2 is 1.95 bits per heavy atom. The molecule has 0 radical (unpaired) electrons. The molecule has 0 unspecified atom stereocenters. The predicted octanol–water partition coefficient (Wildman–Crippen LogP) is 3.43. The second-order valence-electron chi connectivity index (χ2n) is 6.73. The van der Waals surface area contributed by atoms with Crippen LogP contribution in [0.1, 0.15) is 42.5 Å². The molecule has 2 aromatic rings. The molecule has 0 bridgehead atoms. The SMILES string of the molecule is CN(C)[C@H]1CC[C@H](Oc2ncnc3sc4c(c23)CCC4)CC1. The van der Waals surface area contributed by atoms with Crippen LogP contribution in [0.4, 0.5) is 0 Å². The summed E-state index contributed by atoms with van der Waals surface area (Å²) in [4.78, 5) is 13.9. The van der Waals surface area contributed by atoms with Gasteiger partial charge in [0.1, 0.15) is 17.3 Å². The van der Waals surface area contributed by atoms with Crippen LogP contribution >= 0.6 is 11.3 Å². The van der Waals surface area contributed by atoms with Gasteiger partial charge >= 0.3 is 0 Å². The summed E-state index contributed by atoms with van der Waals surface area (Å²) in [6.45, 7) is 0. The normalized spacial score (nSPS) is 24.9. The molecule has 2 aliphatic carbocycles. The Bertz CT molecular complexity index is 674. The summed E-state index contributed by atoms with van der Waals surface area (Å²) in [5, 5.41) is 1.20. The molecule has 0 amide bonds. The molecule has 2 heterocycles. The topological polar surface area (TPSA) is 38.2 Å². The first-order chi connectivity index (χ1) is 10.7. The molecular formula is C17H23N3OS. The summed E-state index contributed by atoms with van der Waals surface area (Å²) in [6, 6.07) is 0.704. The van der Waals surface area contributed by atoms with Crippen LogP contribution in [-0.4, -0.2) is 41.1 Å². The lowest BCUT2D eigenvalue weighted by molar-refractivity contribution is 0.108. The van der Waals surface area contributed by atoms with Crippen molar-refractivity contribution in [1.29, 1.82) is 0 Å². The van der Waals surface area contributed by atoms with Crippen molar-refractivity contribution in [3.05, 3.63) is 16.8 Å². The Balaban J connectivity index is 1.55. The van der Waals surface area contributed by atoms with E-state index in [1.54, 1.807) is 6.33 Å². The van der Waals surface area contributed by atoms with Gasteiger partial charge in [0.2, 0.25) is 5.88 Å². The molecule has 5 heteroatoms. The zero-order valence-corrected chi connectivity index (χ0v) is 14.2. The highest BCUT2D eigenvalue weighted by Gasteiger charge is 2.26. The molecule has 118 valence electrons. The number of aryl methyl sites for hydroxylation is 2. The fourth-order valence-corrected chi connectivity index (χ4v) is 5.05. The monoisotopic (exact) mass is 317 g/mol. The lowest BCUT2D eigenvalue weighted by atomic mass is 9.92. The van der Waals surface area contributed by atoms with E-state index in [1.807, 2.05) is 11.3 Å². The molecule has 4 nitrogen and oxygen atoms in total. The van der Waals surface area contributed by atoms with Crippen molar-refractivity contribution in [1.82, 2.24) is 14.9 Å². The van der Waals surface area contributed by atoms with Gasteiger partial charge in [-0.05, 0) is 64.6 Å². The van der Waals surface area contributed by atoms with Crippen molar-refractivity contribution < 1.29 is 4.74 Å². The highest BCUT2D eigenvalue weighted by Crippen LogP contribution is 2.40. The van der Waals surface area contributed by atoms with Gasteiger partial charge < -0.3 is 9.64 Å². The fourth-order valence-electron chi connectivity index (χ4n) is 3.83. The number of fused-ring (bicyclic) bond motifs is 3. The average molecular weight is 317 g/mol. The minimum absolute atomic E-state index is 0.311. The zero-order valence-electron chi connectivity index (χ0n) is 13.3. The summed E-state index contributed by atoms with van der Waals surface area (Å²) in [7, 11) is 4.35. The van der Waals surface area contributed by atoms with Crippen LogP contribution in [0, 0.1) is 0 Å². The van der Waals surface area contributed by atoms with Crippen molar-refractivity contribution in [2.24, 2.45) is 0 Å². The molecule has 0 atom stereocenters. The Morgan fingerprint density at radius 1 is 1.14 bits per heavy atom. The first-order valence-electron chi connectivity index (χ1n) is 8.30. The smallest absolute Gasteiger partial charge is 0.225 e. The van der Waals surface area contributed by atoms with Crippen molar-refractivity contribution in [2.45, 2.75) is 57.1 Å². The Kier molecular flexibility index (Phi) is 3.78. The first kappa shape index (κ1) is 14.4. The molecular weight excluding hydrogens is 294 g/mol. The number of hydrogen-bond acceptors (Lipinski definition) is 5. The van der Waals surface area contributed by atoms with Crippen molar-refractivity contribution >= 4 is 21.6 Å². The van der Waals surface area contributed by atoms with E-state index in [0.29, 0.717) is 12.1 Å². The third kappa shape index (κ3) is 2.50. The maximum absolute atomic E-state index is 6.32. The van der Waals surface area contributed by atoms with Gasteiger partial charge in [0.25, 0.3) is 0 Å². The zero-order chi connectivity index (χ0) is 15.1. The predicted molar refractivity (Wildman–Crippen MR) is 89.8 cm³/mol. The summed E-state index contributed by atoms with van der Waals surface area (Å²) >= 11 is 1.83. The molecule has 0 spiro atoms. The molecule has 2 aromatic heterocycles. The summed E-state index contributed by atoms with van der Waals surface area (Å²) in [5.41, 5.74) is 1.46. The van der Waals surface area contributed by atoms with Gasteiger partial charge in [-0.1, -0.05) is 0 Å². The quantitative estimate of drug-likeness (QED) is 0.869. The highest BCUT2D eigenvalue weighted by molar-refractivity contribution is 7.18. The Morgan fingerprint density at radius 3 is 2.73 bits per heavy atom. The molecule has 2 aliphatic rings. The molecule has 1 saturated carbocycles. The van der Waals surface area contributed by atoms with E-state index in [2.05, 4.69) is 29.0 Å². The van der Waals surface area contributed by atoms with Gasteiger partial charge in [0.05, 0.1) is 5.39 Å². The van der Waals surface area contributed by atoms with Crippen LogP contribution in [0.5, 0.6) is 5.88 Å². The van der Waals surface area contributed by atoms with Gasteiger partial charge in [-0.25, -0.2) is 9.97 Å². The van der Waals surface area contributed by atoms with E-state index in [-0.39, 0.29) is 0 Å². The minimum atomic E-state index is 0.311. The number of thiophene rings is 1. The maximum Gasteiger partial charge on any atom is 0.225 e. The lowest BCUT2D eigenvalue weighted by Crippen LogP contribution is -2.35. The molecule has 0 aliphatic heterocycles. The number of rotatable bonds is 3. The molecule has 1 fully saturated rings. The summed E-state index contributed by atoms with van der Waals surface area (Å²) < 4.78 is 6.32. The van der Waals surface area contributed by atoms with E-state index in [4.69, 9.17) is 4.74 Å². The largest absolute Gasteiger partial charge is 0.474 e. The number of ether oxygens (including phenoxy) is 1. The molecule has 22 heavy (non-hydrogen) atoms. The van der Waals surface area contributed by atoms with Crippen LogP contribution in [-0.2, 0) is 12.8 Å². The second kappa shape index (κ2) is 5.78. The lowest BCUT2D eigenvalue weighted by Gasteiger charge is -2.32. The van der Waals surface area contributed by atoms with Crippen molar-refractivity contribution in [2.75, 3.05) is 14.1 Å².